The molecular weight excluding hydrogens is 258 g/mol. The van der Waals surface area contributed by atoms with Gasteiger partial charge in [0.25, 0.3) is 0 Å². The number of nitrogens with zero attached hydrogens (tertiary/aromatic N) is 1. The van der Waals surface area contributed by atoms with E-state index in [9.17, 15) is 9.70 Å². The van der Waals surface area contributed by atoms with Gasteiger partial charge in [-0.05, 0) is 37.1 Å². The first-order chi connectivity index (χ1) is 9.72. The molecule has 20 heavy (non-hydrogen) atoms. The van der Waals surface area contributed by atoms with Gasteiger partial charge in [0, 0.05) is 5.56 Å². The van der Waals surface area contributed by atoms with E-state index >= 15 is 0 Å². The molecule has 0 aliphatic heterocycles. The SMILES string of the molecule is O=NC1(C(=O)c2ccc(OCCO)cc2)CCCCC1. The molecule has 0 radical (unpaired) electrons. The smallest absolute Gasteiger partial charge is 0.194 e. The zero-order valence-electron chi connectivity index (χ0n) is 11.4. The second-order valence-corrected chi connectivity index (χ2v) is 5.11. The van der Waals surface area contributed by atoms with Crippen LogP contribution in [0.25, 0.3) is 0 Å². The monoisotopic (exact) mass is 277 g/mol. The van der Waals surface area contributed by atoms with Gasteiger partial charge in [0.15, 0.2) is 11.3 Å². The van der Waals surface area contributed by atoms with Crippen molar-refractivity contribution in [3.05, 3.63) is 34.7 Å². The lowest BCUT2D eigenvalue weighted by Crippen LogP contribution is -2.38. The van der Waals surface area contributed by atoms with E-state index in [1.165, 1.54) is 0 Å². The lowest BCUT2D eigenvalue weighted by molar-refractivity contribution is 0.0849. The second kappa shape index (κ2) is 6.61. The number of carbonyl (C=O) groups excluding carboxylic acids is 1. The molecule has 0 spiro atoms. The van der Waals surface area contributed by atoms with Crippen molar-refractivity contribution < 1.29 is 14.6 Å². The van der Waals surface area contributed by atoms with Crippen LogP contribution >= 0.6 is 0 Å². The molecule has 0 bridgehead atoms. The number of aliphatic hydroxyl groups excluding tert-OH is 1. The Balaban J connectivity index is 2.13. The van der Waals surface area contributed by atoms with Gasteiger partial charge in [0.1, 0.15) is 12.4 Å². The van der Waals surface area contributed by atoms with Crippen molar-refractivity contribution in [3.63, 3.8) is 0 Å². The Morgan fingerprint density at radius 3 is 2.40 bits per heavy atom. The fraction of sp³-hybridized carbons (Fsp3) is 0.533. The van der Waals surface area contributed by atoms with Gasteiger partial charge in [0.2, 0.25) is 0 Å². The van der Waals surface area contributed by atoms with E-state index in [2.05, 4.69) is 5.18 Å². The number of aliphatic hydroxyl groups is 1. The van der Waals surface area contributed by atoms with Crippen LogP contribution in [0.1, 0.15) is 42.5 Å². The molecule has 0 unspecified atom stereocenters. The van der Waals surface area contributed by atoms with Crippen LogP contribution in [0.2, 0.25) is 0 Å². The highest BCUT2D eigenvalue weighted by molar-refractivity contribution is 6.03. The van der Waals surface area contributed by atoms with Crippen molar-refractivity contribution >= 4 is 5.78 Å². The maximum Gasteiger partial charge on any atom is 0.194 e. The lowest BCUT2D eigenvalue weighted by Gasteiger charge is -2.28. The number of hydrogen-bond acceptors (Lipinski definition) is 5. The van der Waals surface area contributed by atoms with E-state index < -0.39 is 5.54 Å². The molecule has 5 heteroatoms. The third kappa shape index (κ3) is 3.04. The Bertz CT molecular complexity index is 463. The summed E-state index contributed by atoms with van der Waals surface area (Å²) in [6, 6.07) is 6.64. The predicted octanol–water partition coefficient (Wildman–Crippen LogP) is 2.71. The molecule has 0 saturated heterocycles. The summed E-state index contributed by atoms with van der Waals surface area (Å²) in [6.07, 6.45) is 3.87. The maximum absolute atomic E-state index is 12.5. The van der Waals surface area contributed by atoms with E-state index in [1.807, 2.05) is 0 Å². The van der Waals surface area contributed by atoms with Crippen LogP contribution < -0.4 is 4.74 Å². The molecule has 1 fully saturated rings. The van der Waals surface area contributed by atoms with Gasteiger partial charge >= 0.3 is 0 Å². The number of ether oxygens (including phenoxy) is 1. The molecule has 1 N–H and O–H groups in total. The Kier molecular flexibility index (Phi) is 4.84. The highest BCUT2D eigenvalue weighted by Gasteiger charge is 2.41. The van der Waals surface area contributed by atoms with Crippen molar-refractivity contribution in [1.82, 2.24) is 0 Å². The summed E-state index contributed by atoms with van der Waals surface area (Å²) in [4.78, 5) is 23.7. The van der Waals surface area contributed by atoms with Crippen LogP contribution in [-0.4, -0.2) is 29.6 Å². The molecule has 0 aromatic heterocycles. The number of hydrogen-bond donors (Lipinski definition) is 1. The molecule has 1 aromatic carbocycles. The molecule has 1 aliphatic carbocycles. The van der Waals surface area contributed by atoms with E-state index in [-0.39, 0.29) is 19.0 Å². The van der Waals surface area contributed by atoms with E-state index in [4.69, 9.17) is 9.84 Å². The Morgan fingerprint density at radius 1 is 1.20 bits per heavy atom. The van der Waals surface area contributed by atoms with Crippen LogP contribution in [0.15, 0.2) is 29.4 Å². The third-order valence-corrected chi connectivity index (χ3v) is 3.75. The zero-order valence-corrected chi connectivity index (χ0v) is 11.4. The highest BCUT2D eigenvalue weighted by Crippen LogP contribution is 2.34. The van der Waals surface area contributed by atoms with Crippen LogP contribution in [-0.2, 0) is 0 Å². The molecule has 1 aromatic rings. The van der Waals surface area contributed by atoms with Crippen molar-refractivity contribution in [2.45, 2.75) is 37.6 Å². The van der Waals surface area contributed by atoms with Crippen LogP contribution in [0.5, 0.6) is 5.75 Å². The van der Waals surface area contributed by atoms with Crippen LogP contribution in [0, 0.1) is 4.91 Å². The lowest BCUT2D eigenvalue weighted by atomic mass is 9.77. The fourth-order valence-corrected chi connectivity index (χ4v) is 2.63. The molecule has 2 rings (SSSR count). The number of rotatable bonds is 6. The number of ketones is 1. The summed E-state index contributed by atoms with van der Waals surface area (Å²) in [7, 11) is 0. The van der Waals surface area contributed by atoms with E-state index in [0.29, 0.717) is 24.2 Å². The summed E-state index contributed by atoms with van der Waals surface area (Å²) in [5, 5.41) is 11.8. The van der Waals surface area contributed by atoms with Crippen LogP contribution in [0.4, 0.5) is 0 Å². The summed E-state index contributed by atoms with van der Waals surface area (Å²) >= 11 is 0. The predicted molar refractivity (Wildman–Crippen MR) is 75.0 cm³/mol. The molecule has 0 atom stereocenters. The maximum atomic E-state index is 12.5. The van der Waals surface area contributed by atoms with Gasteiger partial charge in [-0.2, -0.15) is 0 Å². The first kappa shape index (κ1) is 14.7. The average molecular weight is 277 g/mol. The van der Waals surface area contributed by atoms with E-state index in [0.717, 1.165) is 19.3 Å². The average Bonchev–Trinajstić information content (AvgIpc) is 2.53. The van der Waals surface area contributed by atoms with E-state index in [1.54, 1.807) is 24.3 Å². The van der Waals surface area contributed by atoms with Gasteiger partial charge in [0.05, 0.1) is 6.61 Å². The first-order valence-corrected chi connectivity index (χ1v) is 6.95. The van der Waals surface area contributed by atoms with Gasteiger partial charge in [-0.1, -0.05) is 24.4 Å². The molecule has 5 nitrogen and oxygen atoms in total. The van der Waals surface area contributed by atoms with Gasteiger partial charge in [-0.25, -0.2) is 0 Å². The van der Waals surface area contributed by atoms with Crippen molar-refractivity contribution in [3.8, 4) is 5.75 Å². The zero-order chi connectivity index (χ0) is 14.4. The minimum atomic E-state index is -1.08. The van der Waals surface area contributed by atoms with Gasteiger partial charge in [-0.15, -0.1) is 4.91 Å². The van der Waals surface area contributed by atoms with Gasteiger partial charge < -0.3 is 9.84 Å². The van der Waals surface area contributed by atoms with Gasteiger partial charge in [-0.3, -0.25) is 4.79 Å². The molecule has 0 amide bonds. The Hall–Kier alpha value is -1.75. The molecule has 1 aliphatic rings. The van der Waals surface area contributed by atoms with Crippen molar-refractivity contribution in [2.24, 2.45) is 5.18 Å². The summed E-state index contributed by atoms with van der Waals surface area (Å²) < 4.78 is 5.24. The standard InChI is InChI=1S/C15H19NO4/c17-10-11-20-13-6-4-12(5-7-13)14(18)15(16-19)8-2-1-3-9-15/h4-7,17H,1-3,8-11H2. The molecular formula is C15H19NO4. The number of nitroso groups, excluding NO2 is 1. The minimum absolute atomic E-state index is 0.0567. The second-order valence-electron chi connectivity index (χ2n) is 5.11. The topological polar surface area (TPSA) is 76.0 Å². The number of carbonyl (C=O) groups is 1. The first-order valence-electron chi connectivity index (χ1n) is 6.95. The normalized spacial score (nSPS) is 17.4. The number of benzene rings is 1. The quantitative estimate of drug-likeness (QED) is 0.640. The summed E-state index contributed by atoms with van der Waals surface area (Å²) in [5.74, 6) is 0.397. The Morgan fingerprint density at radius 2 is 1.85 bits per heavy atom. The van der Waals surface area contributed by atoms with Crippen molar-refractivity contribution in [1.29, 1.82) is 0 Å². The fourth-order valence-electron chi connectivity index (χ4n) is 2.63. The summed E-state index contributed by atoms with van der Waals surface area (Å²) in [6.45, 7) is 0.159. The number of Topliss-reactive ketones (excluding diaryl/α,β-unsaturated/α-hetero) is 1. The third-order valence-electron chi connectivity index (χ3n) is 3.75. The van der Waals surface area contributed by atoms with Crippen molar-refractivity contribution in [2.75, 3.05) is 13.2 Å². The van der Waals surface area contributed by atoms with Crippen LogP contribution in [0.3, 0.4) is 0 Å². The summed E-state index contributed by atoms with van der Waals surface area (Å²) in [5.41, 5.74) is -0.589. The molecule has 1 saturated carbocycles. The molecule has 0 heterocycles. The molecule has 108 valence electrons. The Labute approximate surface area is 117 Å². The highest BCUT2D eigenvalue weighted by atomic mass is 16.5. The largest absolute Gasteiger partial charge is 0.491 e. The minimum Gasteiger partial charge on any atom is -0.491 e.